The minimum atomic E-state index is -0.0759. The van der Waals surface area contributed by atoms with Crippen molar-refractivity contribution in [1.29, 1.82) is 0 Å². The van der Waals surface area contributed by atoms with E-state index in [1.54, 1.807) is 11.7 Å². The summed E-state index contributed by atoms with van der Waals surface area (Å²) in [6.07, 6.45) is 2.85. The molecule has 1 aliphatic rings. The molecule has 4 heterocycles. The van der Waals surface area contributed by atoms with Gasteiger partial charge in [0.2, 0.25) is 0 Å². The molecule has 8 nitrogen and oxygen atoms in total. The molecular formula is C22H25N5O3. The fourth-order valence-corrected chi connectivity index (χ4v) is 4.28. The van der Waals surface area contributed by atoms with Crippen molar-refractivity contribution in [3.8, 4) is 0 Å². The SMILES string of the molecule is COCCCn1c2nc3ccccc3nc2c2c(=O)n(C[C@H]3CCCO3)c(C)nc21. The first-order valence-electron chi connectivity index (χ1n) is 10.4. The predicted octanol–water partition coefficient (Wildman–Crippen LogP) is 2.82. The molecule has 0 bridgehead atoms. The normalized spacial score (nSPS) is 16.9. The number of hydrogen-bond donors (Lipinski definition) is 0. The van der Waals surface area contributed by atoms with Crippen LogP contribution in [-0.4, -0.2) is 50.5 Å². The molecule has 1 aliphatic heterocycles. The maximum atomic E-state index is 13.6. The van der Waals surface area contributed by atoms with Gasteiger partial charge in [0, 0.05) is 26.9 Å². The summed E-state index contributed by atoms with van der Waals surface area (Å²) in [5.74, 6) is 0.684. The van der Waals surface area contributed by atoms with Crippen molar-refractivity contribution in [2.45, 2.75) is 45.4 Å². The van der Waals surface area contributed by atoms with Crippen molar-refractivity contribution in [3.05, 3.63) is 40.4 Å². The van der Waals surface area contributed by atoms with Crippen LogP contribution in [0.25, 0.3) is 33.2 Å². The standard InChI is InChI=1S/C22H25N5O3/c1-14-23-20-18(22(28)27(14)13-15-7-5-12-30-15)19-21(26(20)10-6-11-29-2)25-17-9-4-3-8-16(17)24-19/h3-4,8-9,15H,5-7,10-13H2,1-2H3/t15-/m1/s1. The molecule has 4 aromatic rings. The summed E-state index contributed by atoms with van der Waals surface area (Å²) in [7, 11) is 1.69. The number of hydrogen-bond acceptors (Lipinski definition) is 6. The van der Waals surface area contributed by atoms with Crippen LogP contribution in [0, 0.1) is 6.92 Å². The van der Waals surface area contributed by atoms with Gasteiger partial charge in [-0.2, -0.15) is 0 Å². The van der Waals surface area contributed by atoms with Crippen LogP contribution in [0.1, 0.15) is 25.1 Å². The number of rotatable bonds is 6. The van der Waals surface area contributed by atoms with E-state index in [1.807, 2.05) is 35.8 Å². The Balaban J connectivity index is 1.77. The molecule has 0 saturated carbocycles. The van der Waals surface area contributed by atoms with Crippen LogP contribution in [0.4, 0.5) is 0 Å². The maximum Gasteiger partial charge on any atom is 0.265 e. The number of methoxy groups -OCH3 is 1. The first kappa shape index (κ1) is 19.1. The summed E-state index contributed by atoms with van der Waals surface area (Å²) in [6, 6.07) is 7.73. The molecule has 30 heavy (non-hydrogen) atoms. The molecule has 1 fully saturated rings. The molecule has 0 spiro atoms. The Bertz CT molecular complexity index is 1290. The average molecular weight is 407 g/mol. The first-order valence-corrected chi connectivity index (χ1v) is 10.4. The average Bonchev–Trinajstić information content (AvgIpc) is 3.36. The zero-order chi connectivity index (χ0) is 20.7. The quantitative estimate of drug-likeness (QED) is 0.457. The summed E-state index contributed by atoms with van der Waals surface area (Å²) in [6.45, 7) is 4.43. The minimum absolute atomic E-state index is 0.0580. The van der Waals surface area contributed by atoms with Gasteiger partial charge in [0.15, 0.2) is 11.3 Å². The van der Waals surface area contributed by atoms with E-state index in [2.05, 4.69) is 0 Å². The van der Waals surface area contributed by atoms with Crippen molar-refractivity contribution in [1.82, 2.24) is 24.1 Å². The van der Waals surface area contributed by atoms with Gasteiger partial charge in [0.05, 0.1) is 23.7 Å². The summed E-state index contributed by atoms with van der Waals surface area (Å²) >= 11 is 0. The number of fused-ring (bicyclic) bond motifs is 4. The van der Waals surface area contributed by atoms with Crippen LogP contribution < -0.4 is 5.56 Å². The third-order valence-corrected chi connectivity index (χ3v) is 5.78. The van der Waals surface area contributed by atoms with Gasteiger partial charge in [-0.05, 0) is 38.3 Å². The molecule has 0 amide bonds. The Kier molecular flexibility index (Phi) is 4.96. The van der Waals surface area contributed by atoms with Crippen LogP contribution >= 0.6 is 0 Å². The molecule has 156 valence electrons. The van der Waals surface area contributed by atoms with Gasteiger partial charge in [-0.1, -0.05) is 12.1 Å². The molecular weight excluding hydrogens is 382 g/mol. The molecule has 5 rings (SSSR count). The number of aromatic nitrogens is 5. The fourth-order valence-electron chi connectivity index (χ4n) is 4.28. The second-order valence-corrected chi connectivity index (χ2v) is 7.79. The molecule has 0 unspecified atom stereocenters. The summed E-state index contributed by atoms with van der Waals surface area (Å²) < 4.78 is 14.7. The molecule has 1 aromatic carbocycles. The van der Waals surface area contributed by atoms with Gasteiger partial charge in [0.25, 0.3) is 5.56 Å². The second-order valence-electron chi connectivity index (χ2n) is 7.79. The number of benzene rings is 1. The van der Waals surface area contributed by atoms with Crippen LogP contribution in [0.5, 0.6) is 0 Å². The zero-order valence-corrected chi connectivity index (χ0v) is 17.3. The largest absolute Gasteiger partial charge is 0.385 e. The molecule has 0 aliphatic carbocycles. The summed E-state index contributed by atoms with van der Waals surface area (Å²) in [5, 5.41) is 0.532. The lowest BCUT2D eigenvalue weighted by Gasteiger charge is -2.14. The van der Waals surface area contributed by atoms with Gasteiger partial charge in [-0.25, -0.2) is 15.0 Å². The van der Waals surface area contributed by atoms with E-state index in [0.29, 0.717) is 47.7 Å². The number of nitrogens with zero attached hydrogens (tertiary/aromatic N) is 5. The smallest absolute Gasteiger partial charge is 0.265 e. The van der Waals surface area contributed by atoms with Gasteiger partial charge in [-0.3, -0.25) is 9.36 Å². The van der Waals surface area contributed by atoms with Crippen molar-refractivity contribution >= 4 is 33.2 Å². The Morgan fingerprint density at radius 1 is 1.13 bits per heavy atom. The molecule has 0 radical (unpaired) electrons. The van der Waals surface area contributed by atoms with Gasteiger partial charge >= 0.3 is 0 Å². The second kappa shape index (κ2) is 7.77. The Hall–Kier alpha value is -2.84. The fraction of sp³-hybridized carbons (Fsp3) is 0.455. The van der Waals surface area contributed by atoms with Gasteiger partial charge in [0.1, 0.15) is 16.7 Å². The van der Waals surface area contributed by atoms with Crippen LogP contribution in [-0.2, 0) is 22.6 Å². The van der Waals surface area contributed by atoms with Crippen molar-refractivity contribution < 1.29 is 9.47 Å². The highest BCUT2D eigenvalue weighted by atomic mass is 16.5. The molecule has 1 saturated heterocycles. The van der Waals surface area contributed by atoms with Crippen molar-refractivity contribution in [2.75, 3.05) is 20.3 Å². The third kappa shape index (κ3) is 3.16. The van der Waals surface area contributed by atoms with Gasteiger partial charge < -0.3 is 14.0 Å². The number of aryl methyl sites for hydroxylation is 2. The Labute approximate surface area is 173 Å². The van der Waals surface area contributed by atoms with Crippen LogP contribution in [0.3, 0.4) is 0 Å². The molecule has 3 aromatic heterocycles. The highest BCUT2D eigenvalue weighted by molar-refractivity contribution is 6.04. The highest BCUT2D eigenvalue weighted by Gasteiger charge is 2.23. The lowest BCUT2D eigenvalue weighted by atomic mass is 10.2. The number of para-hydroxylation sites is 2. The highest BCUT2D eigenvalue weighted by Crippen LogP contribution is 2.26. The Morgan fingerprint density at radius 2 is 1.93 bits per heavy atom. The van der Waals surface area contributed by atoms with Crippen LogP contribution in [0.2, 0.25) is 0 Å². The third-order valence-electron chi connectivity index (χ3n) is 5.78. The Morgan fingerprint density at radius 3 is 2.67 bits per heavy atom. The monoisotopic (exact) mass is 407 g/mol. The molecule has 8 heteroatoms. The van der Waals surface area contributed by atoms with E-state index in [-0.39, 0.29) is 11.7 Å². The predicted molar refractivity (Wildman–Crippen MR) is 115 cm³/mol. The van der Waals surface area contributed by atoms with Gasteiger partial charge in [-0.15, -0.1) is 0 Å². The van der Waals surface area contributed by atoms with Crippen molar-refractivity contribution in [3.63, 3.8) is 0 Å². The van der Waals surface area contributed by atoms with E-state index in [1.165, 1.54) is 0 Å². The summed E-state index contributed by atoms with van der Waals surface area (Å²) in [4.78, 5) is 28.1. The minimum Gasteiger partial charge on any atom is -0.385 e. The van der Waals surface area contributed by atoms with E-state index in [9.17, 15) is 4.79 Å². The first-order chi connectivity index (χ1) is 14.7. The maximum absolute atomic E-state index is 13.6. The molecule has 0 N–H and O–H groups in total. The molecule has 1 atom stereocenters. The zero-order valence-electron chi connectivity index (χ0n) is 17.3. The van der Waals surface area contributed by atoms with E-state index >= 15 is 0 Å². The van der Waals surface area contributed by atoms with E-state index < -0.39 is 0 Å². The lowest BCUT2D eigenvalue weighted by molar-refractivity contribution is 0.0955. The van der Waals surface area contributed by atoms with Crippen LogP contribution in [0.15, 0.2) is 29.1 Å². The van der Waals surface area contributed by atoms with Crippen molar-refractivity contribution in [2.24, 2.45) is 0 Å². The summed E-state index contributed by atoms with van der Waals surface area (Å²) in [5.41, 5.74) is 3.44. The van der Waals surface area contributed by atoms with E-state index in [0.717, 1.165) is 36.9 Å². The topological polar surface area (TPSA) is 84.1 Å². The number of ether oxygens (including phenoxy) is 2. The van der Waals surface area contributed by atoms with E-state index in [4.69, 9.17) is 24.4 Å². The lowest BCUT2D eigenvalue weighted by Crippen LogP contribution is -2.29.